The quantitative estimate of drug-likeness (QED) is 0.411. The SMILES string of the molecule is CCc1ccc(C=C2CN(S(=O)(=O)c3ccc(C)cc3)CC(=Cc3ccc(CC)cc3)C2=O)cc1. The van der Waals surface area contributed by atoms with E-state index in [9.17, 15) is 13.2 Å². The smallest absolute Gasteiger partial charge is 0.243 e. The minimum absolute atomic E-state index is 0.0384. The lowest BCUT2D eigenvalue weighted by Crippen LogP contribution is -2.41. The van der Waals surface area contributed by atoms with Gasteiger partial charge in [-0.25, -0.2) is 8.42 Å². The molecule has 3 aromatic carbocycles. The number of benzene rings is 3. The second-order valence-corrected chi connectivity index (χ2v) is 10.9. The van der Waals surface area contributed by atoms with Gasteiger partial charge in [0.2, 0.25) is 10.0 Å². The number of Topliss-reactive ketones (excluding diaryl/α,β-unsaturated/α-hetero) is 1. The van der Waals surface area contributed by atoms with Gasteiger partial charge in [-0.3, -0.25) is 4.79 Å². The third kappa shape index (κ3) is 5.69. The van der Waals surface area contributed by atoms with Crippen molar-refractivity contribution in [1.29, 1.82) is 0 Å². The van der Waals surface area contributed by atoms with Crippen LogP contribution in [-0.2, 0) is 27.7 Å². The summed E-state index contributed by atoms with van der Waals surface area (Å²) >= 11 is 0. The first kappa shape index (κ1) is 24.8. The van der Waals surface area contributed by atoms with Gasteiger partial charge >= 0.3 is 0 Å². The molecule has 35 heavy (non-hydrogen) atoms. The van der Waals surface area contributed by atoms with Crippen LogP contribution in [0.5, 0.6) is 0 Å². The molecule has 0 aromatic heterocycles. The zero-order valence-corrected chi connectivity index (χ0v) is 21.3. The van der Waals surface area contributed by atoms with Gasteiger partial charge in [-0.1, -0.05) is 80.1 Å². The van der Waals surface area contributed by atoms with E-state index in [1.807, 2.05) is 67.6 Å². The highest BCUT2D eigenvalue weighted by molar-refractivity contribution is 7.89. The maximum atomic E-state index is 13.5. The molecule has 0 spiro atoms. The minimum Gasteiger partial charge on any atom is -0.289 e. The molecule has 4 rings (SSSR count). The molecule has 0 radical (unpaired) electrons. The van der Waals surface area contributed by atoms with E-state index in [1.165, 1.54) is 15.4 Å². The normalized spacial score (nSPS) is 17.3. The van der Waals surface area contributed by atoms with Gasteiger partial charge in [0.1, 0.15) is 0 Å². The lowest BCUT2D eigenvalue weighted by atomic mass is 9.95. The molecule has 180 valence electrons. The zero-order chi connectivity index (χ0) is 25.0. The molecule has 0 unspecified atom stereocenters. The molecule has 1 fully saturated rings. The zero-order valence-electron chi connectivity index (χ0n) is 20.5. The summed E-state index contributed by atoms with van der Waals surface area (Å²) in [5, 5.41) is 0. The first-order valence-corrected chi connectivity index (χ1v) is 13.4. The van der Waals surface area contributed by atoms with Crippen molar-refractivity contribution in [3.05, 3.63) is 112 Å². The fourth-order valence-corrected chi connectivity index (χ4v) is 5.54. The number of rotatable bonds is 6. The van der Waals surface area contributed by atoms with Crippen LogP contribution < -0.4 is 0 Å². The Morgan fingerprint density at radius 2 is 1.14 bits per heavy atom. The van der Waals surface area contributed by atoms with Crippen LogP contribution >= 0.6 is 0 Å². The summed E-state index contributed by atoms with van der Waals surface area (Å²) in [7, 11) is -3.77. The molecule has 0 atom stereocenters. The third-order valence-electron chi connectivity index (χ3n) is 6.39. The molecule has 1 saturated heterocycles. The van der Waals surface area contributed by atoms with Crippen molar-refractivity contribution >= 4 is 28.0 Å². The molecule has 3 aromatic rings. The topological polar surface area (TPSA) is 54.5 Å². The largest absolute Gasteiger partial charge is 0.289 e. The third-order valence-corrected chi connectivity index (χ3v) is 8.20. The van der Waals surface area contributed by atoms with Crippen molar-refractivity contribution in [1.82, 2.24) is 4.31 Å². The molecule has 4 nitrogen and oxygen atoms in total. The number of piperidine rings is 1. The van der Waals surface area contributed by atoms with Gasteiger partial charge in [0.15, 0.2) is 5.78 Å². The Bertz CT molecular complexity index is 1300. The van der Waals surface area contributed by atoms with Crippen LogP contribution in [0.3, 0.4) is 0 Å². The second-order valence-electron chi connectivity index (χ2n) is 8.94. The molecule has 1 aliphatic heterocycles. The van der Waals surface area contributed by atoms with Crippen LogP contribution in [0.4, 0.5) is 0 Å². The number of hydrogen-bond acceptors (Lipinski definition) is 3. The standard InChI is InChI=1S/C30H31NO3S/c1-4-23-8-12-25(13-9-23)18-27-20-31(35(33,34)29-16-6-22(3)7-17-29)21-28(30(27)32)19-26-14-10-24(5-2)11-15-26/h6-19H,4-5,20-21H2,1-3H3. The summed E-state index contributed by atoms with van der Waals surface area (Å²) in [5.74, 6) is -0.112. The van der Waals surface area contributed by atoms with Crippen molar-refractivity contribution in [2.45, 2.75) is 38.5 Å². The van der Waals surface area contributed by atoms with E-state index in [1.54, 1.807) is 24.3 Å². The average Bonchev–Trinajstić information content (AvgIpc) is 2.87. The fourth-order valence-electron chi connectivity index (χ4n) is 4.14. The Kier molecular flexibility index (Phi) is 7.48. The number of nitrogens with zero attached hydrogens (tertiary/aromatic N) is 1. The van der Waals surface area contributed by atoms with Gasteiger partial charge in [-0.05, 0) is 66.3 Å². The second kappa shape index (κ2) is 10.5. The number of carbonyl (C=O) groups excluding carboxylic acids is 1. The van der Waals surface area contributed by atoms with E-state index in [4.69, 9.17) is 0 Å². The highest BCUT2D eigenvalue weighted by atomic mass is 32.2. The highest BCUT2D eigenvalue weighted by Crippen LogP contribution is 2.27. The predicted molar refractivity (Wildman–Crippen MR) is 143 cm³/mol. The summed E-state index contributed by atoms with van der Waals surface area (Å²) < 4.78 is 28.5. The number of ketones is 1. The van der Waals surface area contributed by atoms with Crippen LogP contribution in [0, 0.1) is 6.92 Å². The van der Waals surface area contributed by atoms with Crippen molar-refractivity contribution in [3.63, 3.8) is 0 Å². The molecule has 0 bridgehead atoms. The van der Waals surface area contributed by atoms with Crippen molar-refractivity contribution in [3.8, 4) is 0 Å². The maximum Gasteiger partial charge on any atom is 0.243 e. The Balaban J connectivity index is 1.75. The number of sulfonamides is 1. The Hall–Kier alpha value is -3.28. The van der Waals surface area contributed by atoms with E-state index in [-0.39, 0.29) is 23.8 Å². The monoisotopic (exact) mass is 485 g/mol. The summed E-state index contributed by atoms with van der Waals surface area (Å²) in [6.45, 7) is 6.19. The van der Waals surface area contributed by atoms with Crippen LogP contribution in [0.25, 0.3) is 12.2 Å². The van der Waals surface area contributed by atoms with Crippen molar-refractivity contribution in [2.75, 3.05) is 13.1 Å². The molecule has 5 heteroatoms. The number of aryl methyl sites for hydroxylation is 3. The van der Waals surface area contributed by atoms with Crippen LogP contribution in [0.1, 0.15) is 41.7 Å². The van der Waals surface area contributed by atoms with Gasteiger partial charge < -0.3 is 0 Å². The number of carbonyl (C=O) groups is 1. The fraction of sp³-hybridized carbons (Fsp3) is 0.233. The molecule has 0 N–H and O–H groups in total. The van der Waals surface area contributed by atoms with Gasteiger partial charge in [0, 0.05) is 24.2 Å². The summed E-state index contributed by atoms with van der Waals surface area (Å²) in [5.41, 5.74) is 6.10. The Labute approximate surface area is 208 Å². The molecule has 0 aliphatic carbocycles. The molecule has 0 amide bonds. The van der Waals surface area contributed by atoms with E-state index in [0.717, 1.165) is 29.5 Å². The average molecular weight is 486 g/mol. The van der Waals surface area contributed by atoms with Crippen molar-refractivity contribution < 1.29 is 13.2 Å². The van der Waals surface area contributed by atoms with Crippen LogP contribution in [-0.4, -0.2) is 31.6 Å². The van der Waals surface area contributed by atoms with E-state index in [0.29, 0.717) is 11.1 Å². The first-order chi connectivity index (χ1) is 16.8. The predicted octanol–water partition coefficient (Wildman–Crippen LogP) is 5.86. The molecular formula is C30H31NO3S. The number of hydrogen-bond donors (Lipinski definition) is 0. The summed E-state index contributed by atoms with van der Waals surface area (Å²) in [4.78, 5) is 13.7. The van der Waals surface area contributed by atoms with E-state index >= 15 is 0 Å². The Morgan fingerprint density at radius 1 is 0.714 bits per heavy atom. The molecule has 1 heterocycles. The van der Waals surface area contributed by atoms with Gasteiger partial charge in [0.25, 0.3) is 0 Å². The van der Waals surface area contributed by atoms with Crippen LogP contribution in [0.2, 0.25) is 0 Å². The Morgan fingerprint density at radius 3 is 1.54 bits per heavy atom. The van der Waals surface area contributed by atoms with E-state index in [2.05, 4.69) is 13.8 Å². The minimum atomic E-state index is -3.77. The van der Waals surface area contributed by atoms with Crippen LogP contribution in [0.15, 0.2) is 88.8 Å². The maximum absolute atomic E-state index is 13.5. The van der Waals surface area contributed by atoms with E-state index < -0.39 is 10.0 Å². The van der Waals surface area contributed by atoms with Crippen molar-refractivity contribution in [2.24, 2.45) is 0 Å². The molecule has 0 saturated carbocycles. The van der Waals surface area contributed by atoms with Gasteiger partial charge in [-0.15, -0.1) is 0 Å². The summed E-state index contributed by atoms with van der Waals surface area (Å²) in [6, 6.07) is 22.9. The summed E-state index contributed by atoms with van der Waals surface area (Å²) in [6.07, 6.45) is 5.49. The van der Waals surface area contributed by atoms with Gasteiger partial charge in [0.05, 0.1) is 4.90 Å². The molecular weight excluding hydrogens is 454 g/mol. The molecule has 1 aliphatic rings. The lowest BCUT2D eigenvalue weighted by Gasteiger charge is -2.29. The first-order valence-electron chi connectivity index (χ1n) is 12.0. The lowest BCUT2D eigenvalue weighted by molar-refractivity contribution is -0.113. The highest BCUT2D eigenvalue weighted by Gasteiger charge is 2.34. The van der Waals surface area contributed by atoms with Gasteiger partial charge in [-0.2, -0.15) is 4.31 Å².